The molecule has 2 heterocycles. The second-order valence-corrected chi connectivity index (χ2v) is 7.87. The minimum Gasteiger partial charge on any atom is -0.447 e. The minimum absolute atomic E-state index is 0.0212. The van der Waals surface area contributed by atoms with Crippen LogP contribution in [0, 0.1) is 10.1 Å². The Bertz CT molecular complexity index is 1060. The zero-order chi connectivity index (χ0) is 20.9. The Morgan fingerprint density at radius 3 is 2.77 bits per heavy atom. The van der Waals surface area contributed by atoms with Gasteiger partial charge in [0.1, 0.15) is 0 Å². The average Bonchev–Trinajstić information content (AvgIpc) is 2.93. The summed E-state index contributed by atoms with van der Waals surface area (Å²) >= 11 is 1.53. The van der Waals surface area contributed by atoms with Crippen molar-refractivity contribution in [2.45, 2.75) is 37.6 Å². The van der Waals surface area contributed by atoms with E-state index in [1.165, 1.54) is 17.8 Å². The summed E-state index contributed by atoms with van der Waals surface area (Å²) < 4.78 is 6.14. The third kappa shape index (κ3) is 4.20. The van der Waals surface area contributed by atoms with Crippen LogP contribution in [0.5, 0.6) is 5.88 Å². The van der Waals surface area contributed by atoms with Gasteiger partial charge in [0.2, 0.25) is 17.3 Å². The van der Waals surface area contributed by atoms with Crippen LogP contribution in [0.4, 0.5) is 11.4 Å². The van der Waals surface area contributed by atoms with Gasteiger partial charge in [0, 0.05) is 23.1 Å². The molecule has 1 aliphatic rings. The predicted octanol–water partition coefficient (Wildman–Crippen LogP) is 5.23. The van der Waals surface area contributed by atoms with Crippen molar-refractivity contribution in [1.82, 2.24) is 15.2 Å². The number of hydrogen-bond acceptors (Lipinski definition) is 8. The highest BCUT2D eigenvalue weighted by Gasteiger charge is 2.30. The topological polar surface area (TPSA) is 103 Å². The van der Waals surface area contributed by atoms with E-state index in [0.29, 0.717) is 22.3 Å². The van der Waals surface area contributed by atoms with Crippen LogP contribution in [-0.2, 0) is 0 Å². The lowest BCUT2D eigenvalue weighted by molar-refractivity contribution is -0.386. The van der Waals surface area contributed by atoms with Gasteiger partial charge in [0.15, 0.2) is 5.69 Å². The smallest absolute Gasteiger partial charge is 0.278 e. The van der Waals surface area contributed by atoms with Gasteiger partial charge in [-0.1, -0.05) is 61.9 Å². The van der Waals surface area contributed by atoms with E-state index in [4.69, 9.17) is 4.74 Å². The first-order valence-corrected chi connectivity index (χ1v) is 10.8. The molecule has 3 aromatic rings. The summed E-state index contributed by atoms with van der Waals surface area (Å²) in [5, 5.41) is 24.0. The first-order valence-electron chi connectivity index (χ1n) is 9.80. The number of para-hydroxylation sites is 2. The molecule has 0 saturated carbocycles. The molecule has 1 aromatic heterocycles. The van der Waals surface area contributed by atoms with Crippen LogP contribution < -0.4 is 10.1 Å². The SMILES string of the molecule is CCCCCSc1nnc2c(n1)O[C@H](c1ccccc1[N+](=O)[O-])Nc1ccccc1-2. The van der Waals surface area contributed by atoms with Crippen molar-refractivity contribution in [2.75, 3.05) is 11.1 Å². The molecule has 1 atom stereocenters. The Morgan fingerprint density at radius 1 is 1.13 bits per heavy atom. The Morgan fingerprint density at radius 2 is 1.93 bits per heavy atom. The number of rotatable bonds is 7. The molecular formula is C21H21N5O3S. The van der Waals surface area contributed by atoms with Gasteiger partial charge in [-0.05, 0) is 18.6 Å². The fourth-order valence-electron chi connectivity index (χ4n) is 3.24. The summed E-state index contributed by atoms with van der Waals surface area (Å²) in [4.78, 5) is 15.7. The number of unbranched alkanes of at least 4 members (excludes halogenated alkanes) is 2. The maximum Gasteiger partial charge on any atom is 0.278 e. The molecule has 0 spiro atoms. The summed E-state index contributed by atoms with van der Waals surface area (Å²) in [5.74, 6) is 1.21. The van der Waals surface area contributed by atoms with E-state index in [2.05, 4.69) is 27.4 Å². The van der Waals surface area contributed by atoms with Crippen molar-refractivity contribution in [3.63, 3.8) is 0 Å². The molecule has 0 fully saturated rings. The van der Waals surface area contributed by atoms with Crippen molar-refractivity contribution < 1.29 is 9.66 Å². The third-order valence-corrected chi connectivity index (χ3v) is 5.65. The normalized spacial score (nSPS) is 14.6. The van der Waals surface area contributed by atoms with Crippen LogP contribution in [-0.4, -0.2) is 25.9 Å². The molecule has 0 radical (unpaired) electrons. The fourth-order valence-corrected chi connectivity index (χ4v) is 4.02. The highest BCUT2D eigenvalue weighted by atomic mass is 32.2. The van der Waals surface area contributed by atoms with Gasteiger partial charge in [-0.3, -0.25) is 10.1 Å². The molecule has 0 saturated heterocycles. The number of nitro groups is 1. The lowest BCUT2D eigenvalue weighted by Gasteiger charge is -2.19. The molecule has 9 heteroatoms. The van der Waals surface area contributed by atoms with E-state index in [9.17, 15) is 10.1 Å². The maximum atomic E-state index is 11.5. The van der Waals surface area contributed by atoms with Crippen LogP contribution in [0.25, 0.3) is 11.3 Å². The van der Waals surface area contributed by atoms with Gasteiger partial charge in [-0.25, -0.2) is 0 Å². The zero-order valence-electron chi connectivity index (χ0n) is 16.4. The van der Waals surface area contributed by atoms with Crippen LogP contribution in [0.15, 0.2) is 53.7 Å². The number of thioether (sulfide) groups is 1. The zero-order valence-corrected chi connectivity index (χ0v) is 17.3. The molecule has 154 valence electrons. The van der Waals surface area contributed by atoms with Crippen molar-refractivity contribution >= 4 is 23.1 Å². The Hall–Kier alpha value is -3.20. The van der Waals surface area contributed by atoms with Crippen molar-refractivity contribution in [3.05, 3.63) is 64.2 Å². The first kappa shape index (κ1) is 20.1. The summed E-state index contributed by atoms with van der Waals surface area (Å²) in [5.41, 5.74) is 2.44. The third-order valence-electron chi connectivity index (χ3n) is 4.73. The Labute approximate surface area is 178 Å². The number of nitro benzene ring substituents is 1. The molecule has 0 amide bonds. The van der Waals surface area contributed by atoms with Crippen LogP contribution >= 0.6 is 11.8 Å². The highest BCUT2D eigenvalue weighted by molar-refractivity contribution is 7.99. The molecule has 1 N–H and O–H groups in total. The monoisotopic (exact) mass is 423 g/mol. The van der Waals surface area contributed by atoms with Gasteiger partial charge in [-0.2, -0.15) is 4.98 Å². The molecule has 0 unspecified atom stereocenters. The number of nitrogens with zero attached hydrogens (tertiary/aromatic N) is 4. The summed E-state index contributed by atoms with van der Waals surface area (Å²) in [7, 11) is 0. The van der Waals surface area contributed by atoms with Gasteiger partial charge >= 0.3 is 0 Å². The van der Waals surface area contributed by atoms with E-state index in [-0.39, 0.29) is 5.69 Å². The van der Waals surface area contributed by atoms with Crippen LogP contribution in [0.1, 0.15) is 38.0 Å². The van der Waals surface area contributed by atoms with E-state index >= 15 is 0 Å². The molecule has 0 bridgehead atoms. The first-order chi connectivity index (χ1) is 14.7. The molecule has 1 aliphatic heterocycles. The van der Waals surface area contributed by atoms with Gasteiger partial charge < -0.3 is 10.1 Å². The number of fused-ring (bicyclic) bond motifs is 3. The molecule has 8 nitrogen and oxygen atoms in total. The molecule has 30 heavy (non-hydrogen) atoms. The number of benzene rings is 2. The van der Waals surface area contributed by atoms with E-state index in [0.717, 1.165) is 36.3 Å². The van der Waals surface area contributed by atoms with Crippen LogP contribution in [0.3, 0.4) is 0 Å². The van der Waals surface area contributed by atoms with Crippen molar-refractivity contribution in [3.8, 4) is 17.1 Å². The quantitative estimate of drug-likeness (QED) is 0.238. The molecule has 4 rings (SSSR count). The van der Waals surface area contributed by atoms with Crippen LogP contribution in [0.2, 0.25) is 0 Å². The van der Waals surface area contributed by atoms with E-state index in [1.54, 1.807) is 18.2 Å². The maximum absolute atomic E-state index is 11.5. The Balaban J connectivity index is 1.73. The van der Waals surface area contributed by atoms with Gasteiger partial charge in [0.05, 0.1) is 10.5 Å². The fraction of sp³-hybridized carbons (Fsp3) is 0.286. The molecule has 2 aromatic carbocycles. The second-order valence-electron chi connectivity index (χ2n) is 6.81. The van der Waals surface area contributed by atoms with Gasteiger partial charge in [-0.15, -0.1) is 10.2 Å². The summed E-state index contributed by atoms with van der Waals surface area (Å²) in [6.45, 7) is 2.16. The lowest BCUT2D eigenvalue weighted by Crippen LogP contribution is -2.18. The van der Waals surface area contributed by atoms with E-state index in [1.807, 2.05) is 24.3 Å². The molecule has 0 aliphatic carbocycles. The van der Waals surface area contributed by atoms with Crippen molar-refractivity contribution in [1.29, 1.82) is 0 Å². The minimum atomic E-state index is -0.788. The van der Waals surface area contributed by atoms with Crippen molar-refractivity contribution in [2.24, 2.45) is 0 Å². The Kier molecular flexibility index (Phi) is 6.08. The lowest BCUT2D eigenvalue weighted by atomic mass is 10.1. The summed E-state index contributed by atoms with van der Waals surface area (Å²) in [6, 6.07) is 14.1. The van der Waals surface area contributed by atoms with E-state index < -0.39 is 11.2 Å². The molecular weight excluding hydrogens is 402 g/mol. The standard InChI is InChI=1S/C21H21N5O3S/c1-2-3-8-13-30-21-23-20-18(24-25-21)14-9-4-6-11-16(14)22-19(29-20)15-10-5-7-12-17(15)26(27)28/h4-7,9-12,19,22H,2-3,8,13H2,1H3/t19-/m1/s1. The second kappa shape index (κ2) is 9.08. The number of anilines is 1. The highest BCUT2D eigenvalue weighted by Crippen LogP contribution is 2.40. The largest absolute Gasteiger partial charge is 0.447 e. The number of hydrogen-bond donors (Lipinski definition) is 1. The van der Waals surface area contributed by atoms with Gasteiger partial charge in [0.25, 0.3) is 5.69 Å². The average molecular weight is 423 g/mol. The number of ether oxygens (including phenoxy) is 1. The number of aromatic nitrogens is 3. The predicted molar refractivity (Wildman–Crippen MR) is 116 cm³/mol. The summed E-state index contributed by atoms with van der Waals surface area (Å²) in [6.07, 6.45) is 2.58. The number of nitrogens with one attached hydrogen (secondary N) is 1.